The van der Waals surface area contributed by atoms with Crippen molar-refractivity contribution >= 4 is 42.9 Å². The summed E-state index contributed by atoms with van der Waals surface area (Å²) in [5.74, 6) is 0. The number of aromatic nitrogens is 2. The van der Waals surface area contributed by atoms with Gasteiger partial charge in [-0.2, -0.15) is 0 Å². The number of fused-ring (bicyclic) bond motifs is 1. The number of H-pyrrole nitrogens is 1. The van der Waals surface area contributed by atoms with Gasteiger partial charge in [0.05, 0.1) is 11.8 Å². The lowest BCUT2D eigenvalue weighted by Gasteiger charge is -1.97. The van der Waals surface area contributed by atoms with Crippen LogP contribution >= 0.6 is 31.9 Å². The fraction of sp³-hybridized carbons (Fsp3) is 0.125. The molecule has 12 heavy (non-hydrogen) atoms. The molecule has 0 saturated heterocycles. The van der Waals surface area contributed by atoms with E-state index in [0.29, 0.717) is 0 Å². The van der Waals surface area contributed by atoms with Gasteiger partial charge in [0.1, 0.15) is 5.52 Å². The van der Waals surface area contributed by atoms with E-state index in [-0.39, 0.29) is 0 Å². The first-order chi connectivity index (χ1) is 5.81. The molecule has 0 aliphatic carbocycles. The Balaban J connectivity index is 2.75. The minimum Gasteiger partial charge on any atom is -0.345 e. The van der Waals surface area contributed by atoms with E-state index in [1.807, 2.05) is 0 Å². The molecule has 1 aromatic carbocycles. The number of hydrogen-bond donors (Lipinski definition) is 1. The van der Waals surface area contributed by atoms with Gasteiger partial charge in [-0.15, -0.1) is 0 Å². The number of benzene rings is 1. The van der Waals surface area contributed by atoms with E-state index in [1.54, 1.807) is 6.33 Å². The lowest BCUT2D eigenvalue weighted by atomic mass is 10.2. The molecule has 1 heterocycles. The molecule has 0 saturated carbocycles. The third kappa shape index (κ3) is 1.29. The van der Waals surface area contributed by atoms with Crippen LogP contribution in [0.2, 0.25) is 0 Å². The molecular weight excluding hydrogens is 284 g/mol. The molecule has 2 nitrogen and oxygen atoms in total. The van der Waals surface area contributed by atoms with E-state index in [1.165, 1.54) is 5.56 Å². The molecule has 4 heteroatoms. The second-order valence-electron chi connectivity index (χ2n) is 2.51. The van der Waals surface area contributed by atoms with Gasteiger partial charge in [0, 0.05) is 9.80 Å². The Morgan fingerprint density at radius 1 is 1.42 bits per heavy atom. The second-order valence-corrected chi connectivity index (χ2v) is 3.93. The quantitative estimate of drug-likeness (QED) is 0.803. The summed E-state index contributed by atoms with van der Waals surface area (Å²) in [6, 6.07) is 4.15. The summed E-state index contributed by atoms with van der Waals surface area (Å²) in [6.45, 7) is 0. The lowest BCUT2D eigenvalue weighted by Crippen LogP contribution is -1.79. The number of imidazole rings is 1. The van der Waals surface area contributed by atoms with Crippen LogP contribution in [0.4, 0.5) is 0 Å². The second kappa shape index (κ2) is 3.18. The van der Waals surface area contributed by atoms with Gasteiger partial charge in [0.25, 0.3) is 0 Å². The van der Waals surface area contributed by atoms with Crippen LogP contribution in [0.3, 0.4) is 0 Å². The van der Waals surface area contributed by atoms with Crippen molar-refractivity contribution in [2.24, 2.45) is 0 Å². The number of aromatic amines is 1. The first-order valence-electron chi connectivity index (χ1n) is 3.48. The van der Waals surface area contributed by atoms with Gasteiger partial charge < -0.3 is 4.98 Å². The molecule has 0 aliphatic heterocycles. The highest BCUT2D eigenvalue weighted by atomic mass is 79.9. The van der Waals surface area contributed by atoms with Crippen molar-refractivity contribution in [1.82, 2.24) is 9.97 Å². The van der Waals surface area contributed by atoms with Crippen LogP contribution in [-0.4, -0.2) is 9.97 Å². The molecule has 0 fully saturated rings. The number of halogens is 2. The monoisotopic (exact) mass is 288 g/mol. The first kappa shape index (κ1) is 8.26. The highest BCUT2D eigenvalue weighted by Crippen LogP contribution is 2.23. The molecule has 0 aliphatic rings. The number of rotatable bonds is 1. The molecule has 2 rings (SSSR count). The molecule has 0 bridgehead atoms. The number of nitrogens with one attached hydrogen (secondary N) is 1. The van der Waals surface area contributed by atoms with Gasteiger partial charge in [0.2, 0.25) is 0 Å². The molecule has 2 aromatic rings. The van der Waals surface area contributed by atoms with Gasteiger partial charge in [-0.1, -0.05) is 15.9 Å². The highest BCUT2D eigenvalue weighted by Gasteiger charge is 2.02. The van der Waals surface area contributed by atoms with E-state index in [4.69, 9.17) is 0 Å². The van der Waals surface area contributed by atoms with Crippen molar-refractivity contribution in [3.63, 3.8) is 0 Å². The van der Waals surface area contributed by atoms with Gasteiger partial charge in [-0.25, -0.2) is 4.98 Å². The summed E-state index contributed by atoms with van der Waals surface area (Å²) in [4.78, 5) is 7.25. The highest BCUT2D eigenvalue weighted by molar-refractivity contribution is 9.10. The minimum absolute atomic E-state index is 0.862. The van der Waals surface area contributed by atoms with Gasteiger partial charge in [-0.05, 0) is 33.6 Å². The van der Waals surface area contributed by atoms with Crippen LogP contribution in [0.25, 0.3) is 11.0 Å². The summed E-state index contributed by atoms with van der Waals surface area (Å²) in [5.41, 5.74) is 3.29. The topological polar surface area (TPSA) is 28.7 Å². The molecule has 0 atom stereocenters. The lowest BCUT2D eigenvalue weighted by molar-refractivity contribution is 1.34. The number of hydrogen-bond acceptors (Lipinski definition) is 1. The molecule has 0 radical (unpaired) electrons. The van der Waals surface area contributed by atoms with E-state index in [2.05, 4.69) is 54.0 Å². The summed E-state index contributed by atoms with van der Waals surface area (Å²) in [5, 5.41) is 0.862. The fourth-order valence-corrected chi connectivity index (χ4v) is 2.07. The predicted octanol–water partition coefficient (Wildman–Crippen LogP) is 3.22. The van der Waals surface area contributed by atoms with E-state index in [0.717, 1.165) is 20.8 Å². The predicted molar refractivity (Wildman–Crippen MR) is 56.4 cm³/mol. The van der Waals surface area contributed by atoms with Crippen molar-refractivity contribution in [1.29, 1.82) is 0 Å². The van der Waals surface area contributed by atoms with Crippen molar-refractivity contribution in [2.45, 2.75) is 5.33 Å². The average molecular weight is 290 g/mol. The first-order valence-corrected chi connectivity index (χ1v) is 5.40. The zero-order chi connectivity index (χ0) is 8.55. The van der Waals surface area contributed by atoms with E-state index < -0.39 is 0 Å². The van der Waals surface area contributed by atoms with Crippen molar-refractivity contribution < 1.29 is 0 Å². The zero-order valence-corrected chi connectivity index (χ0v) is 9.31. The number of nitrogens with zero attached hydrogens (tertiary/aromatic N) is 1. The Bertz CT molecular complexity index is 408. The maximum atomic E-state index is 4.18. The maximum absolute atomic E-state index is 4.18. The van der Waals surface area contributed by atoms with Crippen LogP contribution in [0.5, 0.6) is 0 Å². The summed E-state index contributed by atoms with van der Waals surface area (Å²) < 4.78 is 1.04. The third-order valence-corrected chi connectivity index (χ3v) is 2.94. The SMILES string of the molecule is BrCc1cc(Br)c2nc[nH]c2c1. The average Bonchev–Trinajstić information content (AvgIpc) is 2.52. The van der Waals surface area contributed by atoms with Crippen molar-refractivity contribution in [2.75, 3.05) is 0 Å². The molecule has 1 N–H and O–H groups in total. The maximum Gasteiger partial charge on any atom is 0.102 e. The van der Waals surface area contributed by atoms with Gasteiger partial charge in [0.15, 0.2) is 0 Å². The largest absolute Gasteiger partial charge is 0.345 e. The van der Waals surface area contributed by atoms with Crippen LogP contribution in [0.15, 0.2) is 22.9 Å². The molecule has 1 aromatic heterocycles. The van der Waals surface area contributed by atoms with E-state index >= 15 is 0 Å². The van der Waals surface area contributed by atoms with Crippen LogP contribution < -0.4 is 0 Å². The zero-order valence-electron chi connectivity index (χ0n) is 6.14. The van der Waals surface area contributed by atoms with Crippen LogP contribution in [0, 0.1) is 0 Å². The smallest absolute Gasteiger partial charge is 0.102 e. The molecule has 62 valence electrons. The fourth-order valence-electron chi connectivity index (χ4n) is 1.14. The van der Waals surface area contributed by atoms with Gasteiger partial charge in [-0.3, -0.25) is 0 Å². The summed E-state index contributed by atoms with van der Waals surface area (Å²) in [7, 11) is 0. The van der Waals surface area contributed by atoms with Crippen LogP contribution in [0.1, 0.15) is 5.56 Å². The normalized spacial score (nSPS) is 10.8. The molecule has 0 unspecified atom stereocenters. The number of alkyl halides is 1. The van der Waals surface area contributed by atoms with E-state index in [9.17, 15) is 0 Å². The Hall–Kier alpha value is -0.350. The Kier molecular flexibility index (Phi) is 2.19. The summed E-state index contributed by atoms with van der Waals surface area (Å²) >= 11 is 6.87. The van der Waals surface area contributed by atoms with Crippen molar-refractivity contribution in [3.8, 4) is 0 Å². The minimum atomic E-state index is 0.862. The van der Waals surface area contributed by atoms with Crippen LogP contribution in [-0.2, 0) is 5.33 Å². The molecule has 0 spiro atoms. The Morgan fingerprint density at radius 2 is 2.25 bits per heavy atom. The van der Waals surface area contributed by atoms with Crippen molar-refractivity contribution in [3.05, 3.63) is 28.5 Å². The Labute approximate surface area is 86.6 Å². The third-order valence-electron chi connectivity index (χ3n) is 1.69. The molecule has 0 amide bonds. The molecular formula is C8H6Br2N2. The summed E-state index contributed by atoms with van der Waals surface area (Å²) in [6.07, 6.45) is 1.70. The standard InChI is InChI=1S/C8H6Br2N2/c9-3-5-1-6(10)8-7(2-5)11-4-12-8/h1-2,4H,3H2,(H,11,12). The Morgan fingerprint density at radius 3 is 3.00 bits per heavy atom. The van der Waals surface area contributed by atoms with Gasteiger partial charge >= 0.3 is 0 Å².